The second-order valence-corrected chi connectivity index (χ2v) is 7.68. The van der Waals surface area contributed by atoms with Gasteiger partial charge in [-0.3, -0.25) is 9.89 Å². The number of fused-ring (bicyclic) bond motifs is 1. The van der Waals surface area contributed by atoms with E-state index in [1.165, 1.54) is 12.1 Å². The van der Waals surface area contributed by atoms with Gasteiger partial charge in [-0.25, -0.2) is 4.39 Å². The molecule has 1 fully saturated rings. The molecule has 30 heavy (non-hydrogen) atoms. The number of rotatable bonds is 4. The fourth-order valence-electron chi connectivity index (χ4n) is 4.01. The van der Waals surface area contributed by atoms with Crippen LogP contribution in [0.2, 0.25) is 0 Å². The Morgan fingerprint density at radius 3 is 2.80 bits per heavy atom. The summed E-state index contributed by atoms with van der Waals surface area (Å²) in [4.78, 5) is 18.1. The van der Waals surface area contributed by atoms with Crippen LogP contribution >= 0.6 is 0 Å². The third-order valence-electron chi connectivity index (χ3n) is 5.57. The van der Waals surface area contributed by atoms with Gasteiger partial charge >= 0.3 is 0 Å². The van der Waals surface area contributed by atoms with Crippen LogP contribution in [0.1, 0.15) is 23.3 Å². The molecule has 1 atom stereocenters. The number of benzene rings is 2. The Bertz CT molecular complexity index is 1150. The molecule has 3 heterocycles. The maximum absolute atomic E-state index is 13.2. The molecule has 0 spiro atoms. The minimum absolute atomic E-state index is 0.0450. The van der Waals surface area contributed by atoms with Gasteiger partial charge < -0.3 is 15.2 Å². The molecule has 1 aliphatic rings. The quantitative estimate of drug-likeness (QED) is 0.480. The number of carbonyl (C=O) groups is 1. The van der Waals surface area contributed by atoms with Gasteiger partial charge in [0.25, 0.3) is 5.91 Å². The third-order valence-corrected chi connectivity index (χ3v) is 5.57. The first-order valence-corrected chi connectivity index (χ1v) is 10.1. The Labute approximate surface area is 173 Å². The lowest BCUT2D eigenvalue weighted by Gasteiger charge is -2.33. The molecule has 5 rings (SSSR count). The Morgan fingerprint density at radius 2 is 1.97 bits per heavy atom. The number of halogens is 1. The Kier molecular flexibility index (Phi) is 4.71. The van der Waals surface area contributed by atoms with Crippen molar-refractivity contribution in [2.24, 2.45) is 0 Å². The molecule has 152 valence electrons. The highest BCUT2D eigenvalue weighted by molar-refractivity contribution is 5.98. The van der Waals surface area contributed by atoms with E-state index in [9.17, 15) is 9.18 Å². The van der Waals surface area contributed by atoms with E-state index >= 15 is 0 Å². The zero-order valence-electron chi connectivity index (χ0n) is 16.4. The van der Waals surface area contributed by atoms with Crippen molar-refractivity contribution in [1.82, 2.24) is 20.5 Å². The number of anilines is 1. The summed E-state index contributed by atoms with van der Waals surface area (Å²) in [6.45, 7) is 1.58. The minimum atomic E-state index is -0.261. The number of amides is 1. The summed E-state index contributed by atoms with van der Waals surface area (Å²) in [6, 6.07) is 18.1. The molecule has 1 aliphatic heterocycles. The SMILES string of the molecule is O=C(N[C@@H]1CCCN(c2cc(-c3ccc(F)cc3)[nH]n2)C1)c1cc2ccccc2[nH]1. The molecule has 0 unspecified atom stereocenters. The van der Waals surface area contributed by atoms with Crippen molar-refractivity contribution in [3.8, 4) is 11.3 Å². The number of hydrogen-bond donors (Lipinski definition) is 3. The summed E-state index contributed by atoms with van der Waals surface area (Å²) < 4.78 is 13.2. The number of para-hydroxylation sites is 1. The Hall–Kier alpha value is -3.61. The van der Waals surface area contributed by atoms with Crippen molar-refractivity contribution >= 4 is 22.6 Å². The van der Waals surface area contributed by atoms with Crippen LogP contribution in [0.3, 0.4) is 0 Å². The molecule has 6 nitrogen and oxygen atoms in total. The van der Waals surface area contributed by atoms with E-state index < -0.39 is 0 Å². The number of hydrogen-bond acceptors (Lipinski definition) is 3. The molecule has 0 bridgehead atoms. The van der Waals surface area contributed by atoms with Gasteiger partial charge in [-0.15, -0.1) is 0 Å². The molecular formula is C23H22FN5O. The molecule has 2 aromatic heterocycles. The monoisotopic (exact) mass is 403 g/mol. The average Bonchev–Trinajstić information content (AvgIpc) is 3.42. The highest BCUT2D eigenvalue weighted by Gasteiger charge is 2.24. The summed E-state index contributed by atoms with van der Waals surface area (Å²) in [5, 5.41) is 11.6. The van der Waals surface area contributed by atoms with Gasteiger partial charge in [-0.05, 0) is 54.8 Å². The van der Waals surface area contributed by atoms with E-state index in [1.807, 2.05) is 36.4 Å². The molecule has 7 heteroatoms. The lowest BCUT2D eigenvalue weighted by Crippen LogP contribution is -2.48. The average molecular weight is 403 g/mol. The third kappa shape index (κ3) is 3.66. The van der Waals surface area contributed by atoms with Gasteiger partial charge in [0.15, 0.2) is 5.82 Å². The zero-order chi connectivity index (χ0) is 20.5. The van der Waals surface area contributed by atoms with Crippen LogP contribution in [0.4, 0.5) is 10.2 Å². The first-order chi connectivity index (χ1) is 14.7. The maximum Gasteiger partial charge on any atom is 0.268 e. The summed E-state index contributed by atoms with van der Waals surface area (Å²) in [5.74, 6) is 0.481. The molecule has 2 aromatic carbocycles. The molecule has 0 aliphatic carbocycles. The highest BCUT2D eigenvalue weighted by Crippen LogP contribution is 2.24. The molecule has 0 saturated carbocycles. The molecular weight excluding hydrogens is 381 g/mol. The van der Waals surface area contributed by atoms with Crippen molar-refractivity contribution in [3.63, 3.8) is 0 Å². The second-order valence-electron chi connectivity index (χ2n) is 7.68. The first kappa shape index (κ1) is 18.4. The van der Waals surface area contributed by atoms with Gasteiger partial charge in [0.2, 0.25) is 0 Å². The zero-order valence-corrected chi connectivity index (χ0v) is 16.4. The van der Waals surface area contributed by atoms with Gasteiger partial charge in [0.05, 0.1) is 5.69 Å². The molecule has 0 radical (unpaired) electrons. The predicted molar refractivity (Wildman–Crippen MR) is 115 cm³/mol. The summed E-state index contributed by atoms with van der Waals surface area (Å²) >= 11 is 0. The summed E-state index contributed by atoms with van der Waals surface area (Å²) in [7, 11) is 0. The maximum atomic E-state index is 13.2. The van der Waals surface area contributed by atoms with Crippen LogP contribution in [0.15, 0.2) is 60.7 Å². The van der Waals surface area contributed by atoms with Crippen molar-refractivity contribution in [2.75, 3.05) is 18.0 Å². The van der Waals surface area contributed by atoms with Crippen molar-refractivity contribution in [2.45, 2.75) is 18.9 Å². The number of nitrogens with zero attached hydrogens (tertiary/aromatic N) is 2. The number of piperidine rings is 1. The molecule has 4 aromatic rings. The molecule has 1 saturated heterocycles. The predicted octanol–water partition coefficient (Wildman–Crippen LogP) is 4.10. The lowest BCUT2D eigenvalue weighted by molar-refractivity contribution is 0.0929. The van der Waals surface area contributed by atoms with Crippen molar-refractivity contribution in [3.05, 3.63) is 72.2 Å². The van der Waals surface area contributed by atoms with E-state index in [1.54, 1.807) is 12.1 Å². The van der Waals surface area contributed by atoms with Crippen LogP contribution < -0.4 is 10.2 Å². The number of H-pyrrole nitrogens is 2. The highest BCUT2D eigenvalue weighted by atomic mass is 19.1. The van der Waals surface area contributed by atoms with Gasteiger partial charge in [0, 0.05) is 36.1 Å². The van der Waals surface area contributed by atoms with Gasteiger partial charge in [-0.1, -0.05) is 18.2 Å². The fourth-order valence-corrected chi connectivity index (χ4v) is 4.01. The largest absolute Gasteiger partial charge is 0.353 e. The van der Waals surface area contributed by atoms with Crippen LogP contribution in [0.25, 0.3) is 22.2 Å². The van der Waals surface area contributed by atoms with Crippen LogP contribution in [-0.4, -0.2) is 40.2 Å². The number of aromatic amines is 2. The lowest BCUT2D eigenvalue weighted by atomic mass is 10.1. The van der Waals surface area contributed by atoms with Crippen molar-refractivity contribution in [1.29, 1.82) is 0 Å². The Morgan fingerprint density at radius 1 is 1.13 bits per heavy atom. The molecule has 3 N–H and O–H groups in total. The number of carbonyl (C=O) groups excluding carboxylic acids is 1. The first-order valence-electron chi connectivity index (χ1n) is 10.1. The van der Waals surface area contributed by atoms with E-state index in [2.05, 4.69) is 25.4 Å². The Balaban J connectivity index is 1.27. The van der Waals surface area contributed by atoms with E-state index in [0.717, 1.165) is 47.4 Å². The van der Waals surface area contributed by atoms with Crippen LogP contribution in [0.5, 0.6) is 0 Å². The second kappa shape index (κ2) is 7.67. The van der Waals surface area contributed by atoms with E-state index in [-0.39, 0.29) is 17.8 Å². The topological polar surface area (TPSA) is 76.8 Å². The summed E-state index contributed by atoms with van der Waals surface area (Å²) in [5.41, 5.74) is 3.26. The van der Waals surface area contributed by atoms with Crippen LogP contribution in [0, 0.1) is 5.82 Å². The number of nitrogens with one attached hydrogen (secondary N) is 3. The van der Waals surface area contributed by atoms with E-state index in [0.29, 0.717) is 12.2 Å². The van der Waals surface area contributed by atoms with Crippen LogP contribution in [-0.2, 0) is 0 Å². The smallest absolute Gasteiger partial charge is 0.268 e. The standard InChI is InChI=1S/C23H22FN5O/c24-17-9-7-15(8-10-17)20-13-22(28-27-20)29-11-3-5-18(14-29)25-23(30)21-12-16-4-1-2-6-19(16)26-21/h1-2,4,6-10,12-13,18,26H,3,5,11,14H2,(H,25,30)(H,27,28)/t18-/m1/s1. The summed E-state index contributed by atoms with van der Waals surface area (Å²) in [6.07, 6.45) is 1.90. The molecule has 1 amide bonds. The van der Waals surface area contributed by atoms with E-state index in [4.69, 9.17) is 0 Å². The fraction of sp³-hybridized carbons (Fsp3) is 0.217. The van der Waals surface area contributed by atoms with Gasteiger partial charge in [-0.2, -0.15) is 5.10 Å². The van der Waals surface area contributed by atoms with Gasteiger partial charge in [0.1, 0.15) is 11.5 Å². The minimum Gasteiger partial charge on any atom is -0.353 e. The van der Waals surface area contributed by atoms with Crippen molar-refractivity contribution < 1.29 is 9.18 Å². The number of aromatic nitrogens is 3. The normalized spacial score (nSPS) is 16.7.